The Labute approximate surface area is 92.5 Å². The van der Waals surface area contributed by atoms with Crippen LogP contribution in [0.15, 0.2) is 42.7 Å². The van der Waals surface area contributed by atoms with E-state index in [4.69, 9.17) is 0 Å². The minimum absolute atomic E-state index is 0.0497. The molecule has 16 heavy (non-hydrogen) atoms. The molecule has 82 valence electrons. The Kier molecular flexibility index (Phi) is 2.72. The van der Waals surface area contributed by atoms with Crippen LogP contribution >= 0.6 is 0 Å². The average molecular weight is 218 g/mol. The van der Waals surface area contributed by atoms with Crippen LogP contribution in [0.4, 0.5) is 4.39 Å². The first-order chi connectivity index (χ1) is 7.66. The van der Waals surface area contributed by atoms with Crippen molar-refractivity contribution in [2.45, 2.75) is 6.92 Å². The van der Waals surface area contributed by atoms with Gasteiger partial charge in [0.05, 0.1) is 5.56 Å². The average Bonchev–Trinajstić information content (AvgIpc) is 2.74. The van der Waals surface area contributed by atoms with Crippen LogP contribution in [0.25, 0.3) is 0 Å². The van der Waals surface area contributed by atoms with E-state index < -0.39 is 11.7 Å². The molecule has 1 heterocycles. The highest BCUT2D eigenvalue weighted by Crippen LogP contribution is 2.10. The third-order valence-electron chi connectivity index (χ3n) is 2.20. The first kappa shape index (κ1) is 10.4. The second kappa shape index (κ2) is 4.18. The summed E-state index contributed by atoms with van der Waals surface area (Å²) in [5.74, 6) is -0.979. The van der Waals surface area contributed by atoms with Crippen molar-refractivity contribution in [2.24, 2.45) is 0 Å². The van der Waals surface area contributed by atoms with Crippen molar-refractivity contribution < 1.29 is 9.18 Å². The summed E-state index contributed by atoms with van der Waals surface area (Å²) in [6.45, 7) is 1.81. The van der Waals surface area contributed by atoms with Gasteiger partial charge in [0.1, 0.15) is 5.82 Å². The molecule has 0 bridgehead atoms. The molecule has 2 rings (SSSR count). The van der Waals surface area contributed by atoms with Crippen LogP contribution in [0.2, 0.25) is 0 Å². The van der Waals surface area contributed by atoms with Gasteiger partial charge in [-0.2, -0.15) is 0 Å². The molecule has 1 amide bonds. The molecule has 0 fully saturated rings. The predicted octanol–water partition coefficient (Wildman–Crippen LogP) is 2.32. The van der Waals surface area contributed by atoms with Gasteiger partial charge >= 0.3 is 0 Å². The van der Waals surface area contributed by atoms with Gasteiger partial charge in [-0.1, -0.05) is 11.6 Å². The summed E-state index contributed by atoms with van der Waals surface area (Å²) in [5.41, 5.74) is 3.44. The molecular formula is C12H11FN2O. The number of nitrogens with zero attached hydrogens (tertiary/aromatic N) is 1. The molecule has 0 radical (unpaired) electrons. The molecule has 0 aliphatic carbocycles. The SMILES string of the molecule is Cc1ccc(F)c(C(=O)Nn2cccc2)c1. The van der Waals surface area contributed by atoms with Crippen LogP contribution < -0.4 is 5.43 Å². The van der Waals surface area contributed by atoms with E-state index in [-0.39, 0.29) is 5.56 Å². The minimum Gasteiger partial charge on any atom is -0.268 e. The maximum atomic E-state index is 13.4. The molecule has 2 aromatic rings. The molecule has 0 saturated carbocycles. The van der Waals surface area contributed by atoms with Crippen molar-refractivity contribution in [3.05, 3.63) is 59.7 Å². The van der Waals surface area contributed by atoms with Crippen LogP contribution in [0, 0.1) is 12.7 Å². The molecule has 0 unspecified atom stereocenters. The van der Waals surface area contributed by atoms with Gasteiger partial charge in [0.15, 0.2) is 0 Å². The van der Waals surface area contributed by atoms with E-state index in [0.29, 0.717) is 0 Å². The fourth-order valence-corrected chi connectivity index (χ4v) is 1.40. The lowest BCUT2D eigenvalue weighted by molar-refractivity contribution is 0.100. The molecule has 4 heteroatoms. The van der Waals surface area contributed by atoms with Crippen molar-refractivity contribution in [3.8, 4) is 0 Å². The largest absolute Gasteiger partial charge is 0.273 e. The quantitative estimate of drug-likeness (QED) is 0.824. The molecule has 0 aliphatic rings. The fraction of sp³-hybridized carbons (Fsp3) is 0.0833. The van der Waals surface area contributed by atoms with Crippen LogP contribution in [0.3, 0.4) is 0 Å². The Hall–Kier alpha value is -2.10. The van der Waals surface area contributed by atoms with E-state index >= 15 is 0 Å². The number of benzene rings is 1. The fourth-order valence-electron chi connectivity index (χ4n) is 1.40. The number of halogens is 1. The molecular weight excluding hydrogens is 207 g/mol. The number of carbonyl (C=O) groups is 1. The molecule has 1 aromatic heterocycles. The lowest BCUT2D eigenvalue weighted by Crippen LogP contribution is -2.22. The van der Waals surface area contributed by atoms with Gasteiger partial charge in [0.2, 0.25) is 0 Å². The summed E-state index contributed by atoms with van der Waals surface area (Å²) in [5, 5.41) is 0. The highest BCUT2D eigenvalue weighted by Gasteiger charge is 2.11. The van der Waals surface area contributed by atoms with Gasteiger partial charge in [-0.3, -0.25) is 14.9 Å². The van der Waals surface area contributed by atoms with Crippen LogP contribution in [-0.2, 0) is 0 Å². The summed E-state index contributed by atoms with van der Waals surface area (Å²) in [7, 11) is 0. The molecule has 0 saturated heterocycles. The van der Waals surface area contributed by atoms with Gasteiger partial charge in [-0.05, 0) is 31.2 Å². The summed E-state index contributed by atoms with van der Waals surface area (Å²) >= 11 is 0. The zero-order chi connectivity index (χ0) is 11.5. The van der Waals surface area contributed by atoms with E-state index in [1.807, 2.05) is 6.92 Å². The summed E-state index contributed by atoms with van der Waals surface area (Å²) in [6.07, 6.45) is 3.34. The Balaban J connectivity index is 2.24. The molecule has 1 aromatic carbocycles. The predicted molar refractivity (Wildman–Crippen MR) is 59.3 cm³/mol. The summed E-state index contributed by atoms with van der Waals surface area (Å²) < 4.78 is 14.9. The van der Waals surface area contributed by atoms with Crippen molar-refractivity contribution in [2.75, 3.05) is 5.43 Å². The number of hydrogen-bond donors (Lipinski definition) is 1. The number of aromatic nitrogens is 1. The monoisotopic (exact) mass is 218 g/mol. The number of amides is 1. The highest BCUT2D eigenvalue weighted by molar-refractivity contribution is 6.00. The number of nitrogens with one attached hydrogen (secondary N) is 1. The normalized spacial score (nSPS) is 10.1. The molecule has 0 atom stereocenters. The van der Waals surface area contributed by atoms with Crippen LogP contribution in [0.5, 0.6) is 0 Å². The third kappa shape index (κ3) is 2.11. The smallest absolute Gasteiger partial charge is 0.268 e. The Bertz CT molecular complexity index is 506. The topological polar surface area (TPSA) is 34.0 Å². The van der Waals surface area contributed by atoms with E-state index in [9.17, 15) is 9.18 Å². The Morgan fingerprint density at radius 1 is 1.31 bits per heavy atom. The van der Waals surface area contributed by atoms with Crippen molar-refractivity contribution in [1.82, 2.24) is 4.68 Å². The summed E-state index contributed by atoms with van der Waals surface area (Å²) in [6, 6.07) is 7.98. The highest BCUT2D eigenvalue weighted by atomic mass is 19.1. The summed E-state index contributed by atoms with van der Waals surface area (Å²) in [4.78, 5) is 11.7. The van der Waals surface area contributed by atoms with E-state index in [1.165, 1.54) is 16.8 Å². The molecule has 1 N–H and O–H groups in total. The standard InChI is InChI=1S/C12H11FN2O/c1-9-4-5-11(13)10(8-9)12(16)14-15-6-2-3-7-15/h2-8H,1H3,(H,14,16). The van der Waals surface area contributed by atoms with Gasteiger partial charge in [0.25, 0.3) is 5.91 Å². The van der Waals surface area contributed by atoms with Crippen molar-refractivity contribution in [1.29, 1.82) is 0 Å². The molecule has 0 aliphatic heterocycles. The number of carbonyl (C=O) groups excluding carboxylic acids is 1. The number of aryl methyl sites for hydroxylation is 1. The lowest BCUT2D eigenvalue weighted by atomic mass is 10.1. The van der Waals surface area contributed by atoms with Crippen molar-refractivity contribution in [3.63, 3.8) is 0 Å². The Morgan fingerprint density at radius 2 is 2.00 bits per heavy atom. The zero-order valence-electron chi connectivity index (χ0n) is 8.77. The van der Waals surface area contributed by atoms with Crippen LogP contribution in [-0.4, -0.2) is 10.6 Å². The van der Waals surface area contributed by atoms with Gasteiger partial charge in [0, 0.05) is 12.4 Å². The molecule has 3 nitrogen and oxygen atoms in total. The van der Waals surface area contributed by atoms with Crippen molar-refractivity contribution >= 4 is 5.91 Å². The minimum atomic E-state index is -0.518. The van der Waals surface area contributed by atoms with Crippen LogP contribution in [0.1, 0.15) is 15.9 Å². The van der Waals surface area contributed by atoms with E-state index in [0.717, 1.165) is 5.56 Å². The Morgan fingerprint density at radius 3 is 2.69 bits per heavy atom. The van der Waals surface area contributed by atoms with E-state index in [1.54, 1.807) is 30.6 Å². The van der Waals surface area contributed by atoms with Gasteiger partial charge in [-0.25, -0.2) is 4.39 Å². The second-order valence-electron chi connectivity index (χ2n) is 3.51. The number of rotatable bonds is 2. The first-order valence-corrected chi connectivity index (χ1v) is 4.87. The molecule has 0 spiro atoms. The zero-order valence-corrected chi connectivity index (χ0v) is 8.77. The van der Waals surface area contributed by atoms with Gasteiger partial charge < -0.3 is 0 Å². The third-order valence-corrected chi connectivity index (χ3v) is 2.20. The van der Waals surface area contributed by atoms with Gasteiger partial charge in [-0.15, -0.1) is 0 Å². The second-order valence-corrected chi connectivity index (χ2v) is 3.51. The lowest BCUT2D eigenvalue weighted by Gasteiger charge is -2.07. The maximum absolute atomic E-state index is 13.4. The maximum Gasteiger partial charge on any atom is 0.273 e. The number of hydrogen-bond acceptors (Lipinski definition) is 1. The van der Waals surface area contributed by atoms with E-state index in [2.05, 4.69) is 5.43 Å². The first-order valence-electron chi connectivity index (χ1n) is 4.87.